The number of aliphatic carboxylic acids is 2. The summed E-state index contributed by atoms with van der Waals surface area (Å²) in [6, 6.07) is 0. The molecule has 0 radical (unpaired) electrons. The van der Waals surface area contributed by atoms with Gasteiger partial charge in [-0.25, -0.2) is 0 Å². The van der Waals surface area contributed by atoms with Crippen molar-refractivity contribution in [3.8, 4) is 0 Å². The summed E-state index contributed by atoms with van der Waals surface area (Å²) in [6.45, 7) is 11.6. The molecule has 43 heavy (non-hydrogen) atoms. The Balaban J connectivity index is 1.79. The fourth-order valence-corrected chi connectivity index (χ4v) is 6.03. The van der Waals surface area contributed by atoms with Crippen LogP contribution in [-0.4, -0.2) is 43.9 Å². The molecule has 0 aliphatic carbocycles. The lowest BCUT2D eigenvalue weighted by Gasteiger charge is -2.07. The van der Waals surface area contributed by atoms with Gasteiger partial charge in [-0.1, -0.05) is 13.8 Å². The van der Waals surface area contributed by atoms with Crippen LogP contribution in [0.1, 0.15) is 98.4 Å². The highest BCUT2D eigenvalue weighted by molar-refractivity contribution is 6.01. The molecule has 0 saturated carbocycles. The molecule has 0 unspecified atom stereocenters. The molecule has 0 atom stereocenters. The lowest BCUT2D eigenvalue weighted by Crippen LogP contribution is -2.16. The van der Waals surface area contributed by atoms with Crippen molar-refractivity contribution in [3.63, 3.8) is 0 Å². The normalized spacial score (nSPS) is 17.1. The number of aromatic amines is 2. The van der Waals surface area contributed by atoms with Gasteiger partial charge in [-0.15, -0.1) is 0 Å². The van der Waals surface area contributed by atoms with Gasteiger partial charge < -0.3 is 30.8 Å². The lowest BCUT2D eigenvalue weighted by atomic mass is 9.98. The molecule has 0 aromatic carbocycles. The van der Waals surface area contributed by atoms with Gasteiger partial charge in [0.2, 0.25) is 0 Å². The number of rotatable bonds is 12. The molecule has 10 nitrogen and oxygen atoms in total. The Bertz CT molecular complexity index is 1520. The Kier molecular flexibility index (Phi) is 9.27. The molecule has 0 bridgehead atoms. The van der Waals surface area contributed by atoms with Gasteiger partial charge in [0.1, 0.15) is 0 Å². The molecule has 4 heterocycles. The van der Waals surface area contributed by atoms with Crippen LogP contribution >= 0.6 is 0 Å². The van der Waals surface area contributed by atoms with Crippen molar-refractivity contribution in [2.45, 2.75) is 86.5 Å². The maximum absolute atomic E-state index is 12.4. The molecule has 2 aliphatic rings. The number of nitrogens with one attached hydrogen (secondary N) is 4. The Hall–Kier alpha value is -4.60. The van der Waals surface area contributed by atoms with Crippen molar-refractivity contribution in [2.75, 3.05) is 0 Å². The van der Waals surface area contributed by atoms with E-state index in [2.05, 4.69) is 20.6 Å². The van der Waals surface area contributed by atoms with Gasteiger partial charge in [0.15, 0.2) is 0 Å². The van der Waals surface area contributed by atoms with E-state index in [1.54, 1.807) is 0 Å². The molecule has 2 amide bonds. The largest absolute Gasteiger partial charge is 0.481 e. The second-order valence-corrected chi connectivity index (χ2v) is 11.1. The van der Waals surface area contributed by atoms with Crippen LogP contribution in [0, 0.1) is 13.8 Å². The Morgan fingerprint density at radius 1 is 0.674 bits per heavy atom. The topological polar surface area (TPSA) is 164 Å². The number of aromatic nitrogens is 2. The number of allylic oxidation sites excluding steroid dienone is 2. The van der Waals surface area contributed by atoms with Gasteiger partial charge in [0.25, 0.3) is 11.8 Å². The Morgan fingerprint density at radius 2 is 1.05 bits per heavy atom. The number of hydrogen-bond acceptors (Lipinski definition) is 4. The van der Waals surface area contributed by atoms with Crippen molar-refractivity contribution in [1.82, 2.24) is 20.6 Å². The first-order valence-electron chi connectivity index (χ1n) is 14.7. The molecule has 4 rings (SSSR count). The van der Waals surface area contributed by atoms with Crippen molar-refractivity contribution >= 4 is 35.9 Å². The molecule has 0 saturated heterocycles. The third-order valence-electron chi connectivity index (χ3n) is 8.59. The molecular formula is C33H40N4O6. The zero-order chi connectivity index (χ0) is 31.6. The van der Waals surface area contributed by atoms with E-state index in [-0.39, 0.29) is 24.7 Å². The third kappa shape index (κ3) is 6.43. The standard InChI is InChI=1S/C33H40N4O6/c1-7-20-16(3)26(36-32(20)42)13-24-18(5)22(9-11-30(38)39)28(34-24)15-29-23(10-12-31(40)41)19(6)25(35-29)14-27-17(4)21(8-2)33(43)37-27/h13-14,34-35H,7-12,15H2,1-6H3,(H,36,42)(H,37,43)(H,38,39)(H,40,41)/b26-13-,27-14+. The highest BCUT2D eigenvalue weighted by Gasteiger charge is 2.26. The van der Waals surface area contributed by atoms with E-state index < -0.39 is 11.9 Å². The third-order valence-corrected chi connectivity index (χ3v) is 8.59. The lowest BCUT2D eigenvalue weighted by molar-refractivity contribution is -0.138. The van der Waals surface area contributed by atoms with E-state index in [1.165, 1.54) is 0 Å². The number of carbonyl (C=O) groups is 4. The number of amides is 2. The smallest absolute Gasteiger partial charge is 0.303 e. The van der Waals surface area contributed by atoms with E-state index in [1.807, 2.05) is 53.7 Å². The molecule has 6 N–H and O–H groups in total. The maximum Gasteiger partial charge on any atom is 0.303 e. The van der Waals surface area contributed by atoms with E-state index in [0.29, 0.717) is 43.5 Å². The molecule has 228 valence electrons. The zero-order valence-corrected chi connectivity index (χ0v) is 25.6. The number of hydrogen-bond donors (Lipinski definition) is 6. The van der Waals surface area contributed by atoms with Crippen LogP contribution in [0.3, 0.4) is 0 Å². The van der Waals surface area contributed by atoms with Crippen LogP contribution in [0.5, 0.6) is 0 Å². The highest BCUT2D eigenvalue weighted by Crippen LogP contribution is 2.32. The number of carbonyl (C=O) groups excluding carboxylic acids is 2. The number of carboxylic acids is 2. The molecule has 2 aliphatic heterocycles. The quantitative estimate of drug-likeness (QED) is 0.205. The van der Waals surface area contributed by atoms with Crippen LogP contribution in [0.2, 0.25) is 0 Å². The second-order valence-electron chi connectivity index (χ2n) is 11.1. The Morgan fingerprint density at radius 3 is 1.35 bits per heavy atom. The van der Waals surface area contributed by atoms with Gasteiger partial charge in [-0.2, -0.15) is 0 Å². The number of H-pyrrole nitrogens is 2. The minimum Gasteiger partial charge on any atom is -0.481 e. The average Bonchev–Trinajstić information content (AvgIpc) is 3.58. The van der Waals surface area contributed by atoms with Crippen molar-refractivity contribution in [1.29, 1.82) is 0 Å². The van der Waals surface area contributed by atoms with Crippen LogP contribution in [0.25, 0.3) is 12.2 Å². The summed E-state index contributed by atoms with van der Waals surface area (Å²) in [6.07, 6.45) is 5.95. The predicted molar refractivity (Wildman–Crippen MR) is 164 cm³/mol. The molecule has 2 aromatic heterocycles. The fraction of sp³-hybridized carbons (Fsp3) is 0.394. The van der Waals surface area contributed by atoms with Gasteiger partial charge in [-0.05, 0) is 98.9 Å². The summed E-state index contributed by atoms with van der Waals surface area (Å²) in [7, 11) is 0. The first kappa shape index (κ1) is 31.3. The first-order valence-corrected chi connectivity index (χ1v) is 14.7. The monoisotopic (exact) mass is 588 g/mol. The van der Waals surface area contributed by atoms with Gasteiger partial charge in [0.05, 0.1) is 0 Å². The molecule has 0 fully saturated rings. The molecular weight excluding hydrogens is 548 g/mol. The summed E-state index contributed by atoms with van der Waals surface area (Å²) in [5.74, 6) is -2.02. The minimum atomic E-state index is -0.902. The molecule has 2 aromatic rings. The first-order chi connectivity index (χ1) is 20.4. The van der Waals surface area contributed by atoms with E-state index in [0.717, 1.165) is 67.3 Å². The Labute approximate surface area is 251 Å². The zero-order valence-electron chi connectivity index (χ0n) is 25.6. The summed E-state index contributed by atoms with van der Waals surface area (Å²) >= 11 is 0. The second kappa shape index (κ2) is 12.7. The van der Waals surface area contributed by atoms with Gasteiger partial charge in [-0.3, -0.25) is 19.2 Å². The molecule has 0 spiro atoms. The van der Waals surface area contributed by atoms with Crippen LogP contribution in [0.15, 0.2) is 33.7 Å². The van der Waals surface area contributed by atoms with Crippen molar-refractivity contribution in [2.24, 2.45) is 0 Å². The molecule has 10 heteroatoms. The van der Waals surface area contributed by atoms with Crippen LogP contribution in [0.4, 0.5) is 0 Å². The number of carboxylic acid groups (broad SMARTS) is 2. The minimum absolute atomic E-state index is 0.0462. The van der Waals surface area contributed by atoms with Crippen LogP contribution < -0.4 is 10.6 Å². The SMILES string of the molecule is CCC1=C(C)/C(=C/c2[nH]c(Cc3[nH]c(/C=C4/NC(=O)C(CC)=C4C)c(C)c3CCC(=O)O)c(CCC(=O)O)c2C)NC1=O. The van der Waals surface area contributed by atoms with E-state index in [4.69, 9.17) is 0 Å². The summed E-state index contributed by atoms with van der Waals surface area (Å²) in [5.41, 5.74) is 11.4. The van der Waals surface area contributed by atoms with Gasteiger partial charge in [0, 0.05) is 64.6 Å². The fourth-order valence-electron chi connectivity index (χ4n) is 6.03. The highest BCUT2D eigenvalue weighted by atomic mass is 16.4. The summed E-state index contributed by atoms with van der Waals surface area (Å²) < 4.78 is 0. The van der Waals surface area contributed by atoms with Crippen molar-refractivity contribution in [3.05, 3.63) is 78.7 Å². The van der Waals surface area contributed by atoms with E-state index in [9.17, 15) is 29.4 Å². The van der Waals surface area contributed by atoms with Gasteiger partial charge >= 0.3 is 11.9 Å². The van der Waals surface area contributed by atoms with E-state index >= 15 is 0 Å². The summed E-state index contributed by atoms with van der Waals surface area (Å²) in [5, 5.41) is 24.8. The predicted octanol–water partition coefficient (Wildman–Crippen LogP) is 4.98. The maximum atomic E-state index is 12.4. The van der Waals surface area contributed by atoms with Crippen LogP contribution in [-0.2, 0) is 38.4 Å². The summed E-state index contributed by atoms with van der Waals surface area (Å²) in [4.78, 5) is 54.8. The van der Waals surface area contributed by atoms with Crippen molar-refractivity contribution < 1.29 is 29.4 Å². The average molecular weight is 589 g/mol.